The Morgan fingerprint density at radius 1 is 1.39 bits per heavy atom. The van der Waals surface area contributed by atoms with Gasteiger partial charge in [-0.2, -0.15) is 0 Å². The number of sulfone groups is 1. The number of hydrogen-bond acceptors (Lipinski definition) is 8. The van der Waals surface area contributed by atoms with Crippen LogP contribution in [0, 0.1) is 10.1 Å². The van der Waals surface area contributed by atoms with Crippen LogP contribution in [-0.4, -0.2) is 37.6 Å². The number of esters is 1. The van der Waals surface area contributed by atoms with E-state index >= 15 is 0 Å². The number of nitro groups is 1. The van der Waals surface area contributed by atoms with E-state index in [4.69, 9.17) is 16.3 Å². The summed E-state index contributed by atoms with van der Waals surface area (Å²) in [6, 6.07) is 4.09. The third-order valence-corrected chi connectivity index (χ3v) is 7.62. The van der Waals surface area contributed by atoms with Gasteiger partial charge in [0.05, 0.1) is 28.6 Å². The van der Waals surface area contributed by atoms with Crippen molar-refractivity contribution in [1.82, 2.24) is 0 Å². The Hall–Kier alpha value is -2.76. The standard InChI is InChI=1S/C19H17ClN2O7S2/c1-2-29-19(24)17-12-7-8-31(27,28)10-15(12)30-18(17)21-16(23)6-4-11-3-5-13(20)14(9-11)22(25)26/h3-6,9H,2,7-8,10H2,1H3,(H,21,23)/b6-4+. The number of benzene rings is 1. The maximum absolute atomic E-state index is 12.4. The molecule has 0 atom stereocenters. The fraction of sp³-hybridized carbons (Fsp3) is 0.263. The lowest BCUT2D eigenvalue weighted by Gasteiger charge is -2.13. The molecule has 2 heterocycles. The molecule has 0 saturated heterocycles. The molecule has 1 amide bonds. The van der Waals surface area contributed by atoms with E-state index in [1.54, 1.807) is 6.92 Å². The zero-order chi connectivity index (χ0) is 22.8. The summed E-state index contributed by atoms with van der Waals surface area (Å²) < 4.78 is 29.0. The van der Waals surface area contributed by atoms with Crippen molar-refractivity contribution in [3.63, 3.8) is 0 Å². The molecule has 164 valence electrons. The maximum atomic E-state index is 12.4. The van der Waals surface area contributed by atoms with Crippen LogP contribution in [0.3, 0.4) is 0 Å². The molecule has 0 aliphatic carbocycles. The first-order valence-corrected chi connectivity index (χ1v) is 12.1. The Balaban J connectivity index is 1.86. The molecule has 2 aromatic rings. The summed E-state index contributed by atoms with van der Waals surface area (Å²) in [5, 5.41) is 13.8. The number of nitrogens with zero attached hydrogens (tertiary/aromatic N) is 1. The van der Waals surface area contributed by atoms with Crippen molar-refractivity contribution in [2.75, 3.05) is 17.7 Å². The first-order chi connectivity index (χ1) is 14.6. The second-order valence-corrected chi connectivity index (χ2v) is 10.3. The van der Waals surface area contributed by atoms with E-state index in [0.29, 0.717) is 16.0 Å². The molecule has 1 aliphatic rings. The minimum absolute atomic E-state index is 0.0233. The van der Waals surface area contributed by atoms with Crippen LogP contribution in [-0.2, 0) is 31.5 Å². The molecule has 1 aromatic heterocycles. The average Bonchev–Trinajstić information content (AvgIpc) is 3.02. The van der Waals surface area contributed by atoms with Crippen LogP contribution in [0.1, 0.15) is 33.3 Å². The fourth-order valence-corrected chi connectivity index (χ4v) is 6.26. The van der Waals surface area contributed by atoms with Crippen molar-refractivity contribution in [2.24, 2.45) is 0 Å². The van der Waals surface area contributed by atoms with Gasteiger partial charge in [0.25, 0.3) is 5.69 Å². The summed E-state index contributed by atoms with van der Waals surface area (Å²) in [6.45, 7) is 1.78. The molecule has 0 unspecified atom stereocenters. The normalized spacial score (nSPS) is 14.8. The molecule has 1 aliphatic heterocycles. The van der Waals surface area contributed by atoms with Crippen molar-refractivity contribution in [3.05, 3.63) is 61.0 Å². The van der Waals surface area contributed by atoms with E-state index in [1.165, 1.54) is 24.3 Å². The van der Waals surface area contributed by atoms with E-state index in [0.717, 1.165) is 17.4 Å². The fourth-order valence-electron chi connectivity index (χ4n) is 3.03. The zero-order valence-corrected chi connectivity index (χ0v) is 18.6. The molecular formula is C19H17ClN2O7S2. The molecule has 0 bridgehead atoms. The maximum Gasteiger partial charge on any atom is 0.341 e. The van der Waals surface area contributed by atoms with Crippen LogP contribution >= 0.6 is 22.9 Å². The molecule has 31 heavy (non-hydrogen) atoms. The van der Waals surface area contributed by atoms with Gasteiger partial charge in [0.1, 0.15) is 10.0 Å². The summed E-state index contributed by atoms with van der Waals surface area (Å²) in [7, 11) is -3.26. The quantitative estimate of drug-likeness (QED) is 0.286. The number of carbonyl (C=O) groups is 2. The predicted octanol–water partition coefficient (Wildman–Crippen LogP) is 3.61. The number of ether oxygens (including phenoxy) is 1. The molecule has 1 aromatic carbocycles. The number of halogens is 1. The molecule has 0 saturated carbocycles. The first-order valence-electron chi connectivity index (χ1n) is 9.06. The van der Waals surface area contributed by atoms with Gasteiger partial charge in [-0.05, 0) is 36.6 Å². The summed E-state index contributed by atoms with van der Waals surface area (Å²) in [6.07, 6.45) is 2.68. The Morgan fingerprint density at radius 3 is 2.81 bits per heavy atom. The Bertz CT molecular complexity index is 1200. The number of hydrogen-bond donors (Lipinski definition) is 1. The van der Waals surface area contributed by atoms with E-state index < -0.39 is 26.6 Å². The minimum atomic E-state index is -3.26. The topological polar surface area (TPSA) is 133 Å². The number of nitrogens with one attached hydrogen (secondary N) is 1. The summed E-state index contributed by atoms with van der Waals surface area (Å²) in [4.78, 5) is 35.7. The van der Waals surface area contributed by atoms with Crippen molar-refractivity contribution < 1.29 is 27.7 Å². The smallest absolute Gasteiger partial charge is 0.341 e. The highest BCUT2D eigenvalue weighted by atomic mass is 35.5. The first kappa shape index (κ1) is 22.9. The molecular weight excluding hydrogens is 468 g/mol. The SMILES string of the molecule is CCOC(=O)c1c(NC(=O)/C=C/c2ccc(Cl)c([N+](=O)[O-])c2)sc2c1CCS(=O)(=O)C2. The van der Waals surface area contributed by atoms with Gasteiger partial charge in [0.2, 0.25) is 5.91 Å². The van der Waals surface area contributed by atoms with Crippen molar-refractivity contribution in [3.8, 4) is 0 Å². The lowest BCUT2D eigenvalue weighted by Crippen LogP contribution is -2.20. The molecule has 3 rings (SSSR count). The summed E-state index contributed by atoms with van der Waals surface area (Å²) in [5.41, 5.74) is 0.834. The van der Waals surface area contributed by atoms with Crippen LogP contribution in [0.25, 0.3) is 6.08 Å². The van der Waals surface area contributed by atoms with Gasteiger partial charge < -0.3 is 10.1 Å². The number of thiophene rings is 1. The molecule has 0 radical (unpaired) electrons. The lowest BCUT2D eigenvalue weighted by molar-refractivity contribution is -0.384. The Kier molecular flexibility index (Phi) is 6.77. The zero-order valence-electron chi connectivity index (χ0n) is 16.2. The minimum Gasteiger partial charge on any atom is -0.462 e. The highest BCUT2D eigenvalue weighted by Gasteiger charge is 2.31. The molecule has 1 N–H and O–H groups in total. The Morgan fingerprint density at radius 2 is 2.13 bits per heavy atom. The van der Waals surface area contributed by atoms with E-state index in [2.05, 4.69) is 5.32 Å². The van der Waals surface area contributed by atoms with Gasteiger partial charge in [-0.3, -0.25) is 14.9 Å². The average molecular weight is 485 g/mol. The Labute approximate surface area is 186 Å². The second-order valence-electron chi connectivity index (χ2n) is 6.56. The molecule has 0 fully saturated rings. The molecule has 12 heteroatoms. The molecule has 9 nitrogen and oxygen atoms in total. The van der Waals surface area contributed by atoms with E-state index in [1.807, 2.05) is 0 Å². The van der Waals surface area contributed by atoms with Crippen molar-refractivity contribution in [2.45, 2.75) is 19.1 Å². The van der Waals surface area contributed by atoms with Crippen molar-refractivity contribution in [1.29, 1.82) is 0 Å². The number of carbonyl (C=O) groups excluding carboxylic acids is 2. The van der Waals surface area contributed by atoms with E-state index in [-0.39, 0.29) is 45.8 Å². The van der Waals surface area contributed by atoms with E-state index in [9.17, 15) is 28.1 Å². The summed E-state index contributed by atoms with van der Waals surface area (Å²) >= 11 is 6.80. The van der Waals surface area contributed by atoms with Crippen LogP contribution in [0.15, 0.2) is 24.3 Å². The van der Waals surface area contributed by atoms with Crippen LogP contribution in [0.5, 0.6) is 0 Å². The van der Waals surface area contributed by atoms with Gasteiger partial charge in [0.15, 0.2) is 9.84 Å². The number of anilines is 1. The lowest BCUT2D eigenvalue weighted by atomic mass is 10.1. The van der Waals surface area contributed by atoms with Gasteiger partial charge in [-0.25, -0.2) is 13.2 Å². The number of amides is 1. The third kappa shape index (κ3) is 5.30. The van der Waals surface area contributed by atoms with Crippen LogP contribution in [0.2, 0.25) is 5.02 Å². The van der Waals surface area contributed by atoms with Gasteiger partial charge in [-0.15, -0.1) is 11.3 Å². The van der Waals surface area contributed by atoms with Crippen LogP contribution < -0.4 is 5.32 Å². The molecule has 0 spiro atoms. The van der Waals surface area contributed by atoms with Crippen LogP contribution in [0.4, 0.5) is 10.7 Å². The predicted molar refractivity (Wildman–Crippen MR) is 117 cm³/mol. The number of fused-ring (bicyclic) bond motifs is 1. The highest BCUT2D eigenvalue weighted by molar-refractivity contribution is 7.90. The van der Waals surface area contributed by atoms with Gasteiger partial charge >= 0.3 is 5.97 Å². The van der Waals surface area contributed by atoms with Crippen molar-refractivity contribution >= 4 is 61.4 Å². The van der Waals surface area contributed by atoms with Gasteiger partial charge in [0, 0.05) is 17.0 Å². The second kappa shape index (κ2) is 9.16. The third-order valence-electron chi connectivity index (χ3n) is 4.42. The van der Waals surface area contributed by atoms with Gasteiger partial charge in [-0.1, -0.05) is 17.7 Å². The number of nitro benzene ring substituents is 1. The largest absolute Gasteiger partial charge is 0.462 e. The number of rotatable bonds is 6. The highest BCUT2D eigenvalue weighted by Crippen LogP contribution is 2.38. The monoisotopic (exact) mass is 484 g/mol. The summed E-state index contributed by atoms with van der Waals surface area (Å²) in [5.74, 6) is -1.50.